The van der Waals surface area contributed by atoms with Crippen molar-refractivity contribution < 1.29 is 4.39 Å². The molecule has 1 aliphatic rings. The first kappa shape index (κ1) is 18.8. The van der Waals surface area contributed by atoms with Crippen molar-refractivity contribution >= 4 is 11.5 Å². The van der Waals surface area contributed by atoms with E-state index in [-0.39, 0.29) is 5.82 Å². The Hall–Kier alpha value is -3.21. The Kier molecular flexibility index (Phi) is 4.74. The fraction of sp³-hybridized carbons (Fsp3) is 0.280. The average Bonchev–Trinajstić information content (AvgIpc) is 3.17. The van der Waals surface area contributed by atoms with Crippen molar-refractivity contribution in [2.45, 2.75) is 20.3 Å². The summed E-state index contributed by atoms with van der Waals surface area (Å²) in [6.07, 6.45) is 1.25. The predicted octanol–water partition coefficient (Wildman–Crippen LogP) is 5.68. The standard InChI is InChI=1S/C25H25FN4/c1-17-12-18(2)16-29(15-17)25-14-22(19-6-4-3-5-7-19)27-24-13-23(28-30(24)25)20-8-10-21(26)11-9-20/h3-11,13-14,17-18H,12,15-16H2,1-2H3/t17-,18-/m0/s1. The van der Waals surface area contributed by atoms with Gasteiger partial charge in [0.25, 0.3) is 0 Å². The molecule has 2 aromatic heterocycles. The number of hydrogen-bond acceptors (Lipinski definition) is 3. The average molecular weight is 401 g/mol. The van der Waals surface area contributed by atoms with Gasteiger partial charge in [0.2, 0.25) is 0 Å². The van der Waals surface area contributed by atoms with E-state index in [1.54, 1.807) is 12.1 Å². The molecule has 1 aliphatic heterocycles. The highest BCUT2D eigenvalue weighted by Crippen LogP contribution is 2.31. The van der Waals surface area contributed by atoms with Crippen LogP contribution in [0.25, 0.3) is 28.2 Å². The van der Waals surface area contributed by atoms with E-state index in [0.29, 0.717) is 11.8 Å². The zero-order valence-electron chi connectivity index (χ0n) is 17.3. The maximum absolute atomic E-state index is 13.4. The number of hydrogen-bond donors (Lipinski definition) is 0. The second kappa shape index (κ2) is 7.56. The van der Waals surface area contributed by atoms with E-state index in [4.69, 9.17) is 10.1 Å². The van der Waals surface area contributed by atoms with Crippen LogP contribution in [-0.2, 0) is 0 Å². The predicted molar refractivity (Wildman–Crippen MR) is 119 cm³/mol. The smallest absolute Gasteiger partial charge is 0.158 e. The van der Waals surface area contributed by atoms with Crippen LogP contribution in [0.4, 0.5) is 10.2 Å². The molecule has 5 heteroatoms. The summed E-state index contributed by atoms with van der Waals surface area (Å²) in [6.45, 7) is 6.63. The fourth-order valence-corrected chi connectivity index (χ4v) is 4.55. The monoisotopic (exact) mass is 400 g/mol. The first-order chi connectivity index (χ1) is 14.6. The van der Waals surface area contributed by atoms with Crippen LogP contribution in [-0.4, -0.2) is 27.7 Å². The van der Waals surface area contributed by atoms with E-state index >= 15 is 0 Å². The minimum Gasteiger partial charge on any atom is -0.356 e. The van der Waals surface area contributed by atoms with E-state index in [9.17, 15) is 4.39 Å². The van der Waals surface area contributed by atoms with Crippen molar-refractivity contribution in [3.63, 3.8) is 0 Å². The molecule has 4 aromatic rings. The lowest BCUT2D eigenvalue weighted by Gasteiger charge is -2.36. The largest absolute Gasteiger partial charge is 0.356 e. The topological polar surface area (TPSA) is 33.4 Å². The molecule has 152 valence electrons. The molecule has 0 radical (unpaired) electrons. The van der Waals surface area contributed by atoms with Gasteiger partial charge in [-0.3, -0.25) is 0 Å². The van der Waals surface area contributed by atoms with Crippen LogP contribution in [0.2, 0.25) is 0 Å². The molecule has 0 bridgehead atoms. The summed E-state index contributed by atoms with van der Waals surface area (Å²) in [6, 6.07) is 20.9. The van der Waals surface area contributed by atoms with Crippen molar-refractivity contribution in [3.8, 4) is 22.5 Å². The molecule has 30 heavy (non-hydrogen) atoms. The van der Waals surface area contributed by atoms with Crippen LogP contribution in [0.3, 0.4) is 0 Å². The van der Waals surface area contributed by atoms with Gasteiger partial charge in [0.05, 0.1) is 11.4 Å². The van der Waals surface area contributed by atoms with Crippen LogP contribution in [0.1, 0.15) is 20.3 Å². The van der Waals surface area contributed by atoms with Gasteiger partial charge >= 0.3 is 0 Å². The van der Waals surface area contributed by atoms with Gasteiger partial charge in [0, 0.05) is 36.3 Å². The normalized spacial score (nSPS) is 19.4. The highest BCUT2D eigenvalue weighted by molar-refractivity contribution is 5.71. The lowest BCUT2D eigenvalue weighted by atomic mass is 9.92. The Morgan fingerprint density at radius 2 is 1.50 bits per heavy atom. The molecule has 0 unspecified atom stereocenters. The summed E-state index contributed by atoms with van der Waals surface area (Å²) >= 11 is 0. The van der Waals surface area contributed by atoms with Gasteiger partial charge in [0.1, 0.15) is 11.6 Å². The maximum Gasteiger partial charge on any atom is 0.158 e. The molecule has 1 saturated heterocycles. The van der Waals surface area contributed by atoms with Gasteiger partial charge in [0.15, 0.2) is 5.65 Å². The third kappa shape index (κ3) is 3.56. The molecule has 0 aliphatic carbocycles. The number of aromatic nitrogens is 3. The van der Waals surface area contributed by atoms with Crippen molar-refractivity contribution in [1.82, 2.24) is 14.6 Å². The Bertz CT molecular complexity index is 1160. The maximum atomic E-state index is 13.4. The number of rotatable bonds is 3. The van der Waals surface area contributed by atoms with Gasteiger partial charge in [-0.2, -0.15) is 9.61 Å². The van der Waals surface area contributed by atoms with Gasteiger partial charge in [-0.15, -0.1) is 0 Å². The quantitative estimate of drug-likeness (QED) is 0.443. The molecule has 0 amide bonds. The summed E-state index contributed by atoms with van der Waals surface area (Å²) < 4.78 is 15.3. The van der Waals surface area contributed by atoms with Gasteiger partial charge in [-0.25, -0.2) is 9.37 Å². The molecule has 0 saturated carbocycles. The van der Waals surface area contributed by atoms with Crippen LogP contribution in [0, 0.1) is 17.7 Å². The molecular weight excluding hydrogens is 375 g/mol. The third-order valence-electron chi connectivity index (χ3n) is 5.81. The molecule has 2 aromatic carbocycles. The molecule has 5 rings (SSSR count). The van der Waals surface area contributed by atoms with Gasteiger partial charge in [-0.05, 0) is 42.5 Å². The second-order valence-electron chi connectivity index (χ2n) is 8.52. The second-order valence-corrected chi connectivity index (χ2v) is 8.52. The Labute approximate surface area is 176 Å². The fourth-order valence-electron chi connectivity index (χ4n) is 4.55. The summed E-state index contributed by atoms with van der Waals surface area (Å²) in [5, 5.41) is 4.86. The van der Waals surface area contributed by atoms with Crippen molar-refractivity contribution in [2.75, 3.05) is 18.0 Å². The van der Waals surface area contributed by atoms with Gasteiger partial charge in [-0.1, -0.05) is 44.2 Å². The van der Waals surface area contributed by atoms with E-state index in [0.717, 1.165) is 47.1 Å². The summed E-state index contributed by atoms with van der Waals surface area (Å²) in [4.78, 5) is 7.33. The van der Waals surface area contributed by atoms with Crippen molar-refractivity contribution in [3.05, 3.63) is 72.5 Å². The number of benzene rings is 2. The number of halogens is 1. The minimum atomic E-state index is -0.246. The zero-order valence-corrected chi connectivity index (χ0v) is 17.3. The van der Waals surface area contributed by atoms with Crippen LogP contribution < -0.4 is 4.90 Å². The number of anilines is 1. The zero-order chi connectivity index (χ0) is 20.7. The molecular formula is C25H25FN4. The molecule has 0 N–H and O–H groups in total. The first-order valence-electron chi connectivity index (χ1n) is 10.5. The Morgan fingerprint density at radius 3 is 2.20 bits per heavy atom. The number of fused-ring (bicyclic) bond motifs is 1. The molecule has 1 fully saturated rings. The SMILES string of the molecule is C[C@H]1C[C@H](C)CN(c2cc(-c3ccccc3)nc3cc(-c4ccc(F)cc4)nn23)C1. The highest BCUT2D eigenvalue weighted by atomic mass is 19.1. The van der Waals surface area contributed by atoms with Crippen molar-refractivity contribution in [1.29, 1.82) is 0 Å². The van der Waals surface area contributed by atoms with Crippen LogP contribution >= 0.6 is 0 Å². The number of piperidine rings is 1. The summed E-state index contributed by atoms with van der Waals surface area (Å²) in [5.41, 5.74) is 4.51. The highest BCUT2D eigenvalue weighted by Gasteiger charge is 2.25. The van der Waals surface area contributed by atoms with Crippen LogP contribution in [0.15, 0.2) is 66.7 Å². The van der Waals surface area contributed by atoms with E-state index < -0.39 is 0 Å². The summed E-state index contributed by atoms with van der Waals surface area (Å²) in [7, 11) is 0. The summed E-state index contributed by atoms with van der Waals surface area (Å²) in [5.74, 6) is 2.07. The molecule has 3 heterocycles. The Balaban J connectivity index is 1.67. The molecule has 4 nitrogen and oxygen atoms in total. The minimum absolute atomic E-state index is 0.246. The first-order valence-corrected chi connectivity index (χ1v) is 10.5. The molecule has 2 atom stereocenters. The number of nitrogens with zero attached hydrogens (tertiary/aromatic N) is 4. The Morgan fingerprint density at radius 1 is 0.833 bits per heavy atom. The lowest BCUT2D eigenvalue weighted by Crippen LogP contribution is -2.39. The third-order valence-corrected chi connectivity index (χ3v) is 5.81. The van der Waals surface area contributed by atoms with E-state index in [1.165, 1.54) is 18.6 Å². The van der Waals surface area contributed by atoms with Crippen LogP contribution in [0.5, 0.6) is 0 Å². The molecule has 0 spiro atoms. The van der Waals surface area contributed by atoms with E-state index in [2.05, 4.69) is 36.9 Å². The lowest BCUT2D eigenvalue weighted by molar-refractivity contribution is 0.354. The van der Waals surface area contributed by atoms with Crippen molar-refractivity contribution in [2.24, 2.45) is 11.8 Å². The van der Waals surface area contributed by atoms with Gasteiger partial charge < -0.3 is 4.90 Å². The van der Waals surface area contributed by atoms with E-state index in [1.807, 2.05) is 28.8 Å².